The van der Waals surface area contributed by atoms with Crippen molar-refractivity contribution in [3.63, 3.8) is 0 Å². The Balaban J connectivity index is -0.000000169. The zero-order chi connectivity index (χ0) is 11.1. The van der Waals surface area contributed by atoms with Crippen LogP contribution in [0.4, 0.5) is 0 Å². The highest BCUT2D eigenvalue weighted by Gasteiger charge is 1.89. The fourth-order valence-electron chi connectivity index (χ4n) is 0.567. The second kappa shape index (κ2) is 22.5. The van der Waals surface area contributed by atoms with Gasteiger partial charge in [-0.25, -0.2) is 0 Å². The minimum Gasteiger partial charge on any atom is -0.317 e. The summed E-state index contributed by atoms with van der Waals surface area (Å²) >= 11 is 0. The molecule has 0 atom stereocenters. The lowest BCUT2D eigenvalue weighted by Crippen LogP contribution is -1.91. The molecular formula is C11H26N2. The number of rotatable bonds is 4. The van der Waals surface area contributed by atoms with Gasteiger partial charge in [0.2, 0.25) is 0 Å². The van der Waals surface area contributed by atoms with Crippen molar-refractivity contribution in [3.8, 4) is 0 Å². The maximum absolute atomic E-state index is 7.24. The molecule has 80 valence electrons. The molecule has 0 spiro atoms. The second-order valence-corrected chi connectivity index (χ2v) is 2.77. The molecule has 0 heterocycles. The van der Waals surface area contributed by atoms with E-state index < -0.39 is 0 Å². The Hall–Kier alpha value is -0.660. The summed E-state index contributed by atoms with van der Waals surface area (Å²) in [5.74, 6) is 0. The molecule has 0 unspecified atom stereocenters. The van der Waals surface area contributed by atoms with Crippen molar-refractivity contribution < 1.29 is 0 Å². The lowest BCUT2D eigenvalue weighted by Gasteiger charge is -1.95. The smallest absolute Gasteiger partial charge is 0.00864 e. The second-order valence-electron chi connectivity index (χ2n) is 2.77. The van der Waals surface area contributed by atoms with Crippen LogP contribution in [0.15, 0.2) is 0 Å². The van der Waals surface area contributed by atoms with Gasteiger partial charge in [-0.2, -0.15) is 0 Å². The van der Waals surface area contributed by atoms with Gasteiger partial charge in [0, 0.05) is 5.71 Å². The van der Waals surface area contributed by atoms with E-state index in [9.17, 15) is 0 Å². The number of unbranched alkanes of at least 4 members (excludes halogenated alkanes) is 1. The van der Waals surface area contributed by atoms with Crippen LogP contribution in [0.5, 0.6) is 0 Å². The van der Waals surface area contributed by atoms with Gasteiger partial charge in [-0.15, -0.1) is 0 Å². The third-order valence-corrected chi connectivity index (χ3v) is 1.26. The summed E-state index contributed by atoms with van der Waals surface area (Å²) < 4.78 is 0. The first-order valence-electron chi connectivity index (χ1n) is 5.14. The maximum atomic E-state index is 7.24. The topological polar surface area (TPSA) is 47.7 Å². The molecule has 0 fully saturated rings. The highest BCUT2D eigenvalue weighted by atomic mass is 14.4. The Morgan fingerprint density at radius 2 is 1.46 bits per heavy atom. The molecule has 2 nitrogen and oxygen atoms in total. The van der Waals surface area contributed by atoms with E-state index in [1.807, 2.05) is 6.92 Å². The molecule has 0 saturated carbocycles. The third kappa shape index (κ3) is 34.7. The fourth-order valence-corrected chi connectivity index (χ4v) is 0.567. The Morgan fingerprint density at radius 3 is 1.69 bits per heavy atom. The van der Waals surface area contributed by atoms with Gasteiger partial charge >= 0.3 is 0 Å². The van der Waals surface area contributed by atoms with E-state index in [1.165, 1.54) is 19.3 Å². The summed E-state index contributed by atoms with van der Waals surface area (Å²) in [6.07, 6.45) is 5.59. The number of hydrogen-bond donors (Lipinski definition) is 2. The molecule has 0 aliphatic rings. The Labute approximate surface area is 83.8 Å². The fraction of sp³-hybridized carbons (Fsp3) is 0.818. The van der Waals surface area contributed by atoms with Gasteiger partial charge in [-0.3, -0.25) is 0 Å². The molecule has 0 amide bonds. The first-order valence-corrected chi connectivity index (χ1v) is 5.14. The van der Waals surface area contributed by atoms with E-state index in [-0.39, 0.29) is 0 Å². The van der Waals surface area contributed by atoms with Gasteiger partial charge in [0.15, 0.2) is 0 Å². The molecule has 2 heteroatoms. The van der Waals surface area contributed by atoms with E-state index in [0.29, 0.717) is 0 Å². The summed E-state index contributed by atoms with van der Waals surface area (Å²) in [5.41, 5.74) is 0.895. The van der Waals surface area contributed by atoms with Crippen LogP contribution in [0.2, 0.25) is 0 Å². The quantitative estimate of drug-likeness (QED) is 0.615. The number of nitrogens with one attached hydrogen (secondary N) is 2. The Bertz CT molecular complexity index is 90.1. The van der Waals surface area contributed by atoms with E-state index in [1.54, 1.807) is 0 Å². The van der Waals surface area contributed by atoms with Crippen LogP contribution in [0.1, 0.15) is 59.8 Å². The van der Waals surface area contributed by atoms with Gasteiger partial charge in [-0.05, 0) is 26.0 Å². The molecule has 2 N–H and O–H groups in total. The van der Waals surface area contributed by atoms with Crippen LogP contribution >= 0.6 is 0 Å². The molecule has 0 bridgehead atoms. The molecule has 0 rings (SSSR count). The van der Waals surface area contributed by atoms with Gasteiger partial charge in [-0.1, -0.05) is 40.5 Å². The molecule has 0 aliphatic heterocycles. The van der Waals surface area contributed by atoms with E-state index in [0.717, 1.165) is 18.6 Å². The minimum atomic E-state index is 0.895. The van der Waals surface area contributed by atoms with Gasteiger partial charge in [0.1, 0.15) is 0 Å². The van der Waals surface area contributed by atoms with Crippen LogP contribution in [0.3, 0.4) is 0 Å². The van der Waals surface area contributed by atoms with Crippen LogP contribution in [0, 0.1) is 10.8 Å². The Kier molecular flexibility index (Phi) is 31.5. The monoisotopic (exact) mass is 186 g/mol. The van der Waals surface area contributed by atoms with E-state index in [2.05, 4.69) is 27.5 Å². The van der Waals surface area contributed by atoms with E-state index in [4.69, 9.17) is 10.8 Å². The van der Waals surface area contributed by atoms with Crippen molar-refractivity contribution in [2.75, 3.05) is 0 Å². The van der Waals surface area contributed by atoms with Crippen molar-refractivity contribution in [2.45, 2.75) is 59.8 Å². The molecule has 0 saturated heterocycles. The summed E-state index contributed by atoms with van der Waals surface area (Å²) in [6, 6.07) is 0. The number of hydrogen-bond acceptors (Lipinski definition) is 2. The van der Waals surface area contributed by atoms with Gasteiger partial charge in [0.25, 0.3) is 0 Å². The van der Waals surface area contributed by atoms with Crippen LogP contribution in [0.25, 0.3) is 0 Å². The molecule has 0 aliphatic carbocycles. The van der Waals surface area contributed by atoms with E-state index >= 15 is 0 Å². The first-order chi connectivity index (χ1) is 6.22. The standard InChI is InChI=1S/C7H15N.C3H8.CH3N/c1-3-5-6-7(8)4-2;1-3-2;1-2/h8H,3-6H2,1-2H3;3H2,1-2H3;2H,1H2. The predicted octanol–water partition coefficient (Wildman–Crippen LogP) is 4.29. The summed E-state index contributed by atoms with van der Waals surface area (Å²) in [7, 11) is 0. The minimum absolute atomic E-state index is 0.895. The van der Waals surface area contributed by atoms with Crippen molar-refractivity contribution in [3.05, 3.63) is 0 Å². The summed E-state index contributed by atoms with van der Waals surface area (Å²) in [5, 5.41) is 12.7. The highest BCUT2D eigenvalue weighted by molar-refractivity contribution is 5.80. The average Bonchev–Trinajstić information content (AvgIpc) is 2.18. The largest absolute Gasteiger partial charge is 0.317 e. The third-order valence-electron chi connectivity index (χ3n) is 1.26. The normalized spacial score (nSPS) is 7.38. The molecule has 0 aromatic heterocycles. The highest BCUT2D eigenvalue weighted by Crippen LogP contribution is 1.97. The summed E-state index contributed by atoms with van der Waals surface area (Å²) in [6.45, 7) is 10.9. The SMILES string of the molecule is C=N.CCC.CCCCC(=N)CC. The molecule has 0 aromatic carbocycles. The lowest BCUT2D eigenvalue weighted by atomic mass is 10.1. The van der Waals surface area contributed by atoms with Crippen molar-refractivity contribution in [1.82, 2.24) is 0 Å². The summed E-state index contributed by atoms with van der Waals surface area (Å²) in [4.78, 5) is 0. The van der Waals surface area contributed by atoms with Crippen LogP contribution in [-0.4, -0.2) is 12.4 Å². The molecular weight excluding hydrogens is 160 g/mol. The van der Waals surface area contributed by atoms with Crippen LogP contribution < -0.4 is 0 Å². The van der Waals surface area contributed by atoms with Gasteiger partial charge < -0.3 is 10.8 Å². The van der Waals surface area contributed by atoms with Crippen molar-refractivity contribution >= 4 is 12.4 Å². The zero-order valence-electron chi connectivity index (χ0n) is 9.74. The molecule has 0 aromatic rings. The van der Waals surface area contributed by atoms with Crippen molar-refractivity contribution in [1.29, 1.82) is 10.8 Å². The first kappa shape index (κ1) is 18.2. The molecule has 0 radical (unpaired) electrons. The maximum Gasteiger partial charge on any atom is 0.00864 e. The predicted molar refractivity (Wildman–Crippen MR) is 63.3 cm³/mol. The van der Waals surface area contributed by atoms with Crippen LogP contribution in [-0.2, 0) is 0 Å². The molecule has 13 heavy (non-hydrogen) atoms. The van der Waals surface area contributed by atoms with Crippen molar-refractivity contribution in [2.24, 2.45) is 0 Å². The van der Waals surface area contributed by atoms with Gasteiger partial charge in [0.05, 0.1) is 0 Å². The average molecular weight is 186 g/mol. The lowest BCUT2D eigenvalue weighted by molar-refractivity contribution is 0.823. The Morgan fingerprint density at radius 1 is 1.08 bits per heavy atom. The zero-order valence-corrected chi connectivity index (χ0v) is 9.74.